The number of anilines is 2. The quantitative estimate of drug-likeness (QED) is 0.146. The molecule has 14 heteroatoms. The third-order valence-corrected chi connectivity index (χ3v) is 6.82. The molecule has 0 saturated heterocycles. The van der Waals surface area contributed by atoms with Gasteiger partial charge in [-0.2, -0.15) is 0 Å². The summed E-state index contributed by atoms with van der Waals surface area (Å²) in [5.41, 5.74) is 4.94. The van der Waals surface area contributed by atoms with Crippen LogP contribution in [0.3, 0.4) is 0 Å². The molecule has 0 radical (unpaired) electrons. The molecule has 0 bridgehead atoms. The molecule has 0 fully saturated rings. The Bertz CT molecular complexity index is 2110. The van der Waals surface area contributed by atoms with Crippen molar-refractivity contribution >= 4 is 74.6 Å². The molecule has 0 N–H and O–H groups in total. The van der Waals surface area contributed by atoms with Crippen LogP contribution in [0.1, 0.15) is 45.3 Å². The van der Waals surface area contributed by atoms with Crippen molar-refractivity contribution in [2.75, 3.05) is 51.2 Å². The van der Waals surface area contributed by atoms with Gasteiger partial charge in [-0.1, -0.05) is 48.0 Å². The molecule has 0 aliphatic rings. The predicted molar refractivity (Wildman–Crippen MR) is 190 cm³/mol. The van der Waals surface area contributed by atoms with Crippen molar-refractivity contribution in [3.8, 4) is 0 Å². The van der Waals surface area contributed by atoms with Crippen molar-refractivity contribution in [2.45, 2.75) is 13.8 Å². The highest BCUT2D eigenvalue weighted by atomic mass is 35.5. The number of esters is 2. The van der Waals surface area contributed by atoms with Crippen molar-refractivity contribution in [3.63, 3.8) is 0 Å². The van der Waals surface area contributed by atoms with Gasteiger partial charge in [-0.15, -0.1) is 0 Å². The number of fused-ring (bicyclic) bond motifs is 3. The van der Waals surface area contributed by atoms with Crippen molar-refractivity contribution in [1.29, 1.82) is 0 Å². The number of carbonyl (C=O) groups excluding carboxylic acids is 3. The van der Waals surface area contributed by atoms with Gasteiger partial charge in [-0.05, 0) is 50.2 Å². The number of hydrogen-bond acceptors (Lipinski definition) is 13. The minimum atomic E-state index is -0.550. The molecule has 3 aromatic carbocycles. The van der Waals surface area contributed by atoms with Gasteiger partial charge in [-0.25, -0.2) is 39.5 Å². The zero-order chi connectivity index (χ0) is 35.5. The molecular formula is C35H35ClN8O5. The van der Waals surface area contributed by atoms with E-state index in [1.807, 2.05) is 88.9 Å². The van der Waals surface area contributed by atoms with Crippen molar-refractivity contribution in [1.82, 2.24) is 29.9 Å². The van der Waals surface area contributed by atoms with Crippen LogP contribution in [0.25, 0.3) is 33.1 Å². The fourth-order valence-corrected chi connectivity index (χ4v) is 4.57. The first-order chi connectivity index (χ1) is 23.6. The fraction of sp³-hybridized carbons (Fsp3) is 0.229. The lowest BCUT2D eigenvalue weighted by Gasteiger charge is -2.15. The van der Waals surface area contributed by atoms with E-state index in [2.05, 4.69) is 29.9 Å². The highest BCUT2D eigenvalue weighted by Gasteiger charge is 2.19. The second-order valence-electron chi connectivity index (χ2n) is 10.5. The predicted octanol–water partition coefficient (Wildman–Crippen LogP) is 5.84. The average molecular weight is 683 g/mol. The summed E-state index contributed by atoms with van der Waals surface area (Å²) in [5, 5.41) is 0.0668. The van der Waals surface area contributed by atoms with Crippen LogP contribution in [0.2, 0.25) is 5.15 Å². The molecule has 3 heterocycles. The lowest BCUT2D eigenvalue weighted by atomic mass is 10.2. The molecule has 6 rings (SSSR count). The van der Waals surface area contributed by atoms with Gasteiger partial charge in [0.25, 0.3) is 0 Å². The Labute approximate surface area is 287 Å². The Hall–Kier alpha value is -5.82. The summed E-state index contributed by atoms with van der Waals surface area (Å²) in [7, 11) is 7.32. The van der Waals surface area contributed by atoms with E-state index in [9.17, 15) is 14.4 Å². The minimum absolute atomic E-state index is 0.0576. The lowest BCUT2D eigenvalue weighted by molar-refractivity contribution is 0.0510. The standard InChI is InChI=1S/C13H15N3O2.C11H9ClN2O2.C11H11N3O/c1-4-18-13(17)11-12(16(2)3)15-10-8-6-5-7-9(10)14-11;1-2-16-11(15)9-10(12)14-8-6-4-3-5-7(8)13-9;1-14(2)11-10(7-15)12-8-5-3-4-6-9(8)13-11/h5-8H,4H2,1-3H3;3-6H,2H2,1H3;3-7H,1-2H3. The number of nitrogens with zero attached hydrogens (tertiary/aromatic N) is 8. The maximum absolute atomic E-state index is 11.9. The Morgan fingerprint density at radius 3 is 1.39 bits per heavy atom. The summed E-state index contributed by atoms with van der Waals surface area (Å²) in [5.74, 6) is 0.126. The van der Waals surface area contributed by atoms with E-state index in [0.717, 1.165) is 22.8 Å². The van der Waals surface area contributed by atoms with Gasteiger partial charge >= 0.3 is 11.9 Å². The molecule has 0 spiro atoms. The number of aromatic nitrogens is 6. The number of benzene rings is 3. The van der Waals surface area contributed by atoms with Crippen LogP contribution in [-0.2, 0) is 9.47 Å². The van der Waals surface area contributed by atoms with Crippen molar-refractivity contribution in [2.24, 2.45) is 0 Å². The van der Waals surface area contributed by atoms with E-state index >= 15 is 0 Å². The van der Waals surface area contributed by atoms with Crippen LogP contribution >= 0.6 is 11.6 Å². The number of para-hydroxylation sites is 6. The zero-order valence-corrected chi connectivity index (χ0v) is 28.7. The fourth-order valence-electron chi connectivity index (χ4n) is 4.36. The van der Waals surface area contributed by atoms with Gasteiger partial charge in [0.15, 0.2) is 34.5 Å². The molecule has 0 amide bonds. The molecule has 0 saturated carbocycles. The number of rotatable bonds is 7. The lowest BCUT2D eigenvalue weighted by Crippen LogP contribution is -2.19. The van der Waals surface area contributed by atoms with Crippen molar-refractivity contribution in [3.05, 3.63) is 95.0 Å². The summed E-state index contributed by atoms with van der Waals surface area (Å²) in [6.07, 6.45) is 0.731. The van der Waals surface area contributed by atoms with Gasteiger partial charge < -0.3 is 19.3 Å². The minimum Gasteiger partial charge on any atom is -0.461 e. The third-order valence-electron chi connectivity index (χ3n) is 6.55. The highest BCUT2D eigenvalue weighted by Crippen LogP contribution is 2.20. The first kappa shape index (κ1) is 36.0. The van der Waals surface area contributed by atoms with Crippen LogP contribution in [0.5, 0.6) is 0 Å². The average Bonchev–Trinajstić information content (AvgIpc) is 3.10. The Kier molecular flexibility index (Phi) is 12.4. The van der Waals surface area contributed by atoms with E-state index < -0.39 is 11.9 Å². The monoisotopic (exact) mass is 682 g/mol. The maximum Gasteiger partial charge on any atom is 0.360 e. The molecule has 252 valence electrons. The molecule has 49 heavy (non-hydrogen) atoms. The number of carbonyl (C=O) groups is 3. The summed E-state index contributed by atoms with van der Waals surface area (Å²) in [4.78, 5) is 63.3. The Morgan fingerprint density at radius 2 is 0.959 bits per heavy atom. The molecule has 0 unspecified atom stereocenters. The largest absolute Gasteiger partial charge is 0.461 e. The smallest absolute Gasteiger partial charge is 0.360 e. The molecular weight excluding hydrogens is 648 g/mol. The van der Waals surface area contributed by atoms with Crippen LogP contribution < -0.4 is 9.80 Å². The van der Waals surface area contributed by atoms with Crippen molar-refractivity contribution < 1.29 is 23.9 Å². The molecule has 3 aromatic heterocycles. The normalized spacial score (nSPS) is 10.3. The molecule has 0 atom stereocenters. The van der Waals surface area contributed by atoms with Gasteiger partial charge in [0.05, 0.1) is 46.3 Å². The van der Waals surface area contributed by atoms with E-state index in [4.69, 9.17) is 21.1 Å². The number of hydrogen-bond donors (Lipinski definition) is 0. The van der Waals surface area contributed by atoms with Crippen LogP contribution in [0.4, 0.5) is 11.6 Å². The first-order valence-electron chi connectivity index (χ1n) is 15.2. The summed E-state index contributed by atoms with van der Waals surface area (Å²) in [6.45, 7) is 4.09. The molecule has 0 aliphatic heterocycles. The van der Waals surface area contributed by atoms with Crippen LogP contribution in [-0.4, -0.2) is 89.5 Å². The second-order valence-corrected chi connectivity index (χ2v) is 10.9. The maximum atomic E-state index is 11.9. The number of halogens is 1. The van der Waals surface area contributed by atoms with E-state index in [1.165, 1.54) is 0 Å². The Morgan fingerprint density at radius 1 is 0.592 bits per heavy atom. The number of aldehydes is 1. The summed E-state index contributed by atoms with van der Waals surface area (Å²) < 4.78 is 9.83. The highest BCUT2D eigenvalue weighted by molar-refractivity contribution is 6.32. The van der Waals surface area contributed by atoms with Crippen LogP contribution in [0, 0.1) is 0 Å². The van der Waals surface area contributed by atoms with Crippen LogP contribution in [0.15, 0.2) is 72.8 Å². The van der Waals surface area contributed by atoms with E-state index in [1.54, 1.807) is 35.8 Å². The SMILES string of the molecule is CCOC(=O)c1nc2ccccc2nc1Cl.CCOC(=O)c1nc2ccccc2nc1N(C)C.CN(C)c1nc2ccccc2nc1C=O. The Balaban J connectivity index is 0.000000166. The van der Waals surface area contributed by atoms with Gasteiger partial charge in [0, 0.05) is 28.2 Å². The van der Waals surface area contributed by atoms with Gasteiger partial charge in [0.1, 0.15) is 5.69 Å². The topological polar surface area (TPSA) is 153 Å². The van der Waals surface area contributed by atoms with E-state index in [0.29, 0.717) is 40.5 Å². The number of ether oxygens (including phenoxy) is 2. The molecule has 13 nitrogen and oxygen atoms in total. The summed E-state index contributed by atoms with van der Waals surface area (Å²) >= 11 is 5.86. The van der Waals surface area contributed by atoms with Gasteiger partial charge in [-0.3, -0.25) is 4.79 Å². The summed E-state index contributed by atoms with van der Waals surface area (Å²) in [6, 6.07) is 22.1. The second kappa shape index (κ2) is 16.8. The molecule has 6 aromatic rings. The van der Waals surface area contributed by atoms with E-state index in [-0.39, 0.29) is 23.1 Å². The zero-order valence-electron chi connectivity index (χ0n) is 27.9. The molecule has 0 aliphatic carbocycles. The van der Waals surface area contributed by atoms with Gasteiger partial charge in [0.2, 0.25) is 0 Å². The third kappa shape index (κ3) is 8.96. The first-order valence-corrected chi connectivity index (χ1v) is 15.6.